The second-order valence-corrected chi connectivity index (χ2v) is 4.27. The fourth-order valence-electron chi connectivity index (χ4n) is 1.70. The van der Waals surface area contributed by atoms with Crippen molar-refractivity contribution in [3.8, 4) is 0 Å². The second-order valence-electron chi connectivity index (χ2n) is 4.27. The fourth-order valence-corrected chi connectivity index (χ4v) is 1.70. The first kappa shape index (κ1) is 14.6. The molecule has 0 saturated carbocycles. The van der Waals surface area contributed by atoms with E-state index in [9.17, 15) is 4.79 Å². The minimum atomic E-state index is -0.843. The highest BCUT2D eigenvalue weighted by Gasteiger charge is 2.08. The van der Waals surface area contributed by atoms with Crippen molar-refractivity contribution in [2.45, 2.75) is 12.8 Å². The molecule has 1 aromatic heterocycles. The van der Waals surface area contributed by atoms with Gasteiger partial charge in [0.05, 0.1) is 12.4 Å². The Hall–Kier alpha value is -2.76. The SMILES string of the molecule is O=C(O)CCCO/N=C(/c1ccccc1)c1ccnnc1. The predicted octanol–water partition coefficient (Wildman–Crippen LogP) is 2.11. The summed E-state index contributed by atoms with van der Waals surface area (Å²) in [6.07, 6.45) is 3.66. The van der Waals surface area contributed by atoms with Crippen LogP contribution in [0.5, 0.6) is 0 Å². The number of hydrogen-bond acceptors (Lipinski definition) is 5. The molecule has 0 aliphatic carbocycles. The van der Waals surface area contributed by atoms with E-state index in [2.05, 4.69) is 15.4 Å². The number of rotatable bonds is 7. The summed E-state index contributed by atoms with van der Waals surface area (Å²) in [6.45, 7) is 0.251. The maximum atomic E-state index is 10.4. The van der Waals surface area contributed by atoms with Gasteiger partial charge in [0.2, 0.25) is 0 Å². The summed E-state index contributed by atoms with van der Waals surface area (Å²) in [4.78, 5) is 15.7. The van der Waals surface area contributed by atoms with Crippen LogP contribution in [-0.4, -0.2) is 33.6 Å². The molecule has 0 fully saturated rings. The first-order valence-corrected chi connectivity index (χ1v) is 6.51. The van der Waals surface area contributed by atoms with E-state index in [-0.39, 0.29) is 13.0 Å². The van der Waals surface area contributed by atoms with E-state index in [1.807, 2.05) is 30.3 Å². The number of aromatic nitrogens is 2. The van der Waals surface area contributed by atoms with E-state index in [1.54, 1.807) is 18.5 Å². The molecule has 108 valence electrons. The highest BCUT2D eigenvalue weighted by atomic mass is 16.6. The average molecular weight is 285 g/mol. The largest absolute Gasteiger partial charge is 0.481 e. The highest BCUT2D eigenvalue weighted by molar-refractivity contribution is 6.12. The summed E-state index contributed by atoms with van der Waals surface area (Å²) in [6, 6.07) is 11.4. The summed E-state index contributed by atoms with van der Waals surface area (Å²) in [5.74, 6) is -0.843. The Labute approximate surface area is 122 Å². The van der Waals surface area contributed by atoms with E-state index in [0.29, 0.717) is 12.1 Å². The van der Waals surface area contributed by atoms with Gasteiger partial charge < -0.3 is 9.94 Å². The molecule has 2 aromatic rings. The molecule has 0 amide bonds. The van der Waals surface area contributed by atoms with Gasteiger partial charge >= 0.3 is 5.97 Å². The van der Waals surface area contributed by atoms with Crippen LogP contribution < -0.4 is 0 Å². The lowest BCUT2D eigenvalue weighted by atomic mass is 10.1. The third kappa shape index (κ3) is 4.68. The molecule has 0 aliphatic rings. The first-order valence-electron chi connectivity index (χ1n) is 6.51. The van der Waals surface area contributed by atoms with Crippen LogP contribution in [0.3, 0.4) is 0 Å². The van der Waals surface area contributed by atoms with Gasteiger partial charge in [-0.3, -0.25) is 4.79 Å². The second kappa shape index (κ2) is 7.74. The van der Waals surface area contributed by atoms with Gasteiger partial charge in [0.15, 0.2) is 0 Å². The smallest absolute Gasteiger partial charge is 0.303 e. The number of carbonyl (C=O) groups is 1. The molecule has 6 nitrogen and oxygen atoms in total. The molecule has 6 heteroatoms. The van der Waals surface area contributed by atoms with Crippen LogP contribution >= 0.6 is 0 Å². The van der Waals surface area contributed by atoms with Crippen molar-refractivity contribution in [1.82, 2.24) is 10.2 Å². The minimum absolute atomic E-state index is 0.0625. The molecule has 0 bridgehead atoms. The van der Waals surface area contributed by atoms with E-state index >= 15 is 0 Å². The third-order valence-corrected chi connectivity index (χ3v) is 2.69. The molecule has 2 rings (SSSR count). The zero-order valence-corrected chi connectivity index (χ0v) is 11.3. The summed E-state index contributed by atoms with van der Waals surface area (Å²) < 4.78 is 0. The van der Waals surface area contributed by atoms with Gasteiger partial charge in [0.1, 0.15) is 12.3 Å². The van der Waals surface area contributed by atoms with Crippen LogP contribution in [0.4, 0.5) is 0 Å². The Kier molecular flexibility index (Phi) is 5.40. The molecule has 0 atom stereocenters. The summed E-state index contributed by atoms with van der Waals surface area (Å²) >= 11 is 0. The van der Waals surface area contributed by atoms with Crippen LogP contribution in [0.25, 0.3) is 0 Å². The van der Waals surface area contributed by atoms with Gasteiger partial charge in [-0.1, -0.05) is 35.5 Å². The summed E-state index contributed by atoms with van der Waals surface area (Å²) in [7, 11) is 0. The van der Waals surface area contributed by atoms with Crippen LogP contribution in [0, 0.1) is 0 Å². The van der Waals surface area contributed by atoms with Gasteiger partial charge in [-0.2, -0.15) is 10.2 Å². The topological polar surface area (TPSA) is 84.7 Å². The third-order valence-electron chi connectivity index (χ3n) is 2.69. The lowest BCUT2D eigenvalue weighted by Gasteiger charge is -2.06. The molecule has 0 aliphatic heterocycles. The Balaban J connectivity index is 2.11. The summed E-state index contributed by atoms with van der Waals surface area (Å²) in [5, 5.41) is 20.3. The standard InChI is InChI=1S/C15H15N3O3/c19-14(20)7-4-10-21-18-15(12-5-2-1-3-6-12)13-8-9-16-17-11-13/h1-3,5-6,8-9,11H,4,7,10H2,(H,19,20)/b18-15-. The van der Waals surface area contributed by atoms with Gasteiger partial charge in [-0.15, -0.1) is 0 Å². The maximum Gasteiger partial charge on any atom is 0.303 e. The van der Waals surface area contributed by atoms with Crippen molar-refractivity contribution in [3.63, 3.8) is 0 Å². The van der Waals surface area contributed by atoms with Crippen LogP contribution in [-0.2, 0) is 9.63 Å². The van der Waals surface area contributed by atoms with Crippen molar-refractivity contribution in [2.24, 2.45) is 5.16 Å². The van der Waals surface area contributed by atoms with Crippen LogP contribution in [0.15, 0.2) is 53.9 Å². The normalized spacial score (nSPS) is 11.1. The Morgan fingerprint density at radius 3 is 2.62 bits per heavy atom. The van der Waals surface area contributed by atoms with Crippen molar-refractivity contribution < 1.29 is 14.7 Å². The van der Waals surface area contributed by atoms with E-state index < -0.39 is 5.97 Å². The molecule has 1 aromatic carbocycles. The monoisotopic (exact) mass is 285 g/mol. The number of benzene rings is 1. The van der Waals surface area contributed by atoms with Crippen LogP contribution in [0.2, 0.25) is 0 Å². The van der Waals surface area contributed by atoms with Crippen molar-refractivity contribution in [3.05, 3.63) is 59.9 Å². The zero-order chi connectivity index (χ0) is 14.9. The number of oxime groups is 1. The fraction of sp³-hybridized carbons (Fsp3) is 0.200. The highest BCUT2D eigenvalue weighted by Crippen LogP contribution is 2.10. The molecule has 0 radical (unpaired) electrons. The number of carboxylic acids is 1. The van der Waals surface area contributed by atoms with E-state index in [0.717, 1.165) is 11.1 Å². The molecule has 0 saturated heterocycles. The maximum absolute atomic E-state index is 10.4. The lowest BCUT2D eigenvalue weighted by molar-refractivity contribution is -0.137. The number of carboxylic acid groups (broad SMARTS) is 1. The van der Waals surface area contributed by atoms with Crippen LogP contribution in [0.1, 0.15) is 24.0 Å². The number of nitrogens with zero attached hydrogens (tertiary/aromatic N) is 3. The van der Waals surface area contributed by atoms with Gasteiger partial charge in [0, 0.05) is 17.5 Å². The quantitative estimate of drug-likeness (QED) is 0.478. The van der Waals surface area contributed by atoms with Gasteiger partial charge in [-0.25, -0.2) is 0 Å². The van der Waals surface area contributed by atoms with Gasteiger partial charge in [-0.05, 0) is 12.5 Å². The van der Waals surface area contributed by atoms with E-state index in [1.165, 1.54) is 0 Å². The van der Waals surface area contributed by atoms with Crippen molar-refractivity contribution >= 4 is 11.7 Å². The molecular weight excluding hydrogens is 270 g/mol. The Morgan fingerprint density at radius 1 is 1.14 bits per heavy atom. The Morgan fingerprint density at radius 2 is 1.95 bits per heavy atom. The first-order chi connectivity index (χ1) is 10.3. The average Bonchev–Trinajstić information content (AvgIpc) is 2.52. The zero-order valence-electron chi connectivity index (χ0n) is 11.3. The van der Waals surface area contributed by atoms with Gasteiger partial charge in [0.25, 0.3) is 0 Å². The molecule has 21 heavy (non-hydrogen) atoms. The predicted molar refractivity (Wildman–Crippen MR) is 76.9 cm³/mol. The van der Waals surface area contributed by atoms with Crippen molar-refractivity contribution in [2.75, 3.05) is 6.61 Å². The summed E-state index contributed by atoms with van der Waals surface area (Å²) in [5.41, 5.74) is 2.32. The molecule has 1 N–H and O–H groups in total. The molecule has 1 heterocycles. The molecule has 0 spiro atoms. The van der Waals surface area contributed by atoms with Crippen molar-refractivity contribution in [1.29, 1.82) is 0 Å². The Bertz CT molecular complexity index is 559. The number of aliphatic carboxylic acids is 1. The minimum Gasteiger partial charge on any atom is -0.481 e. The lowest BCUT2D eigenvalue weighted by Crippen LogP contribution is -2.06. The number of hydrogen-bond donors (Lipinski definition) is 1. The molecular formula is C15H15N3O3. The van der Waals surface area contributed by atoms with E-state index in [4.69, 9.17) is 9.94 Å². The molecule has 0 unspecified atom stereocenters.